The minimum absolute atomic E-state index is 0.100. The molecule has 0 aromatic rings. The number of aliphatic carboxylic acids is 1. The molecule has 16 heteroatoms. The Balaban J connectivity index is 2.03. The number of rotatable bonds is 3. The SMILES string of the molecule is CC1=C\C(C)=C\C(C)=C\[C@H](O[C@H]2O[C@@H](C)[C@@H](O)[C@@H](C)[C@H]2O)CC2O[C@@](O)(CC(O)[C@H]2C(=O)O)C[C@@H](O)C[C@@H](O)[C@H](C)CC[C@@H](O)C[C@@H](O)CC(=O)OC(C)[C@@H](C)[C@H](O)[C@H](C)C(C)C\C(C)=C\C(C)=C\C(C)=C\1. The summed E-state index contributed by atoms with van der Waals surface area (Å²) in [6.45, 7) is 24.5. The van der Waals surface area contributed by atoms with Crippen molar-refractivity contribution in [1.82, 2.24) is 0 Å². The lowest BCUT2D eigenvalue weighted by molar-refractivity contribution is -0.311. The molecular formula is C56H92O16. The molecule has 0 radical (unpaired) electrons. The van der Waals surface area contributed by atoms with E-state index in [4.69, 9.17) is 18.9 Å². The van der Waals surface area contributed by atoms with Gasteiger partial charge in [0.2, 0.25) is 0 Å². The summed E-state index contributed by atoms with van der Waals surface area (Å²) in [5, 5.41) is 110. The number of carboxylic acid groups (broad SMARTS) is 1. The van der Waals surface area contributed by atoms with E-state index < -0.39 is 134 Å². The fourth-order valence-corrected chi connectivity index (χ4v) is 10.5. The average molecular weight is 1020 g/mol. The molecule has 3 heterocycles. The van der Waals surface area contributed by atoms with Gasteiger partial charge < -0.3 is 70.0 Å². The summed E-state index contributed by atoms with van der Waals surface area (Å²) in [6, 6.07) is 0. The molecule has 3 aliphatic heterocycles. The lowest BCUT2D eigenvalue weighted by Gasteiger charge is -2.45. The van der Waals surface area contributed by atoms with E-state index in [-0.39, 0.29) is 50.4 Å². The second kappa shape index (κ2) is 28.7. The van der Waals surface area contributed by atoms with Gasteiger partial charge in [0.1, 0.15) is 18.1 Å². The molecule has 3 rings (SSSR count). The van der Waals surface area contributed by atoms with Crippen LogP contribution in [0.15, 0.2) is 69.9 Å². The second-order valence-electron chi connectivity index (χ2n) is 22.2. The molecule has 0 saturated carbocycles. The van der Waals surface area contributed by atoms with Crippen molar-refractivity contribution in [3.05, 3.63) is 69.9 Å². The first-order valence-corrected chi connectivity index (χ1v) is 26.1. The summed E-state index contributed by atoms with van der Waals surface area (Å²) < 4.78 is 24.0. The van der Waals surface area contributed by atoms with Crippen LogP contribution >= 0.6 is 0 Å². The fourth-order valence-electron chi connectivity index (χ4n) is 10.5. The van der Waals surface area contributed by atoms with Gasteiger partial charge in [0, 0.05) is 31.1 Å². The topological polar surface area (TPSA) is 273 Å². The third-order valence-corrected chi connectivity index (χ3v) is 15.0. The van der Waals surface area contributed by atoms with Crippen molar-refractivity contribution >= 4 is 11.9 Å². The molecule has 4 unspecified atom stereocenters. The van der Waals surface area contributed by atoms with Crippen LogP contribution in [0, 0.1) is 35.5 Å². The number of aliphatic hydroxyl groups is 9. The Kier molecular flexibility index (Phi) is 25.2. The average Bonchev–Trinajstić information content (AvgIpc) is 3.24. The number of hydrogen-bond donors (Lipinski definition) is 10. The van der Waals surface area contributed by atoms with E-state index in [9.17, 15) is 60.7 Å². The summed E-state index contributed by atoms with van der Waals surface area (Å²) in [6.07, 6.45) is -3.41. The molecule has 72 heavy (non-hydrogen) atoms. The van der Waals surface area contributed by atoms with E-state index in [0.717, 1.165) is 34.3 Å². The van der Waals surface area contributed by atoms with Gasteiger partial charge in [0.25, 0.3) is 0 Å². The summed E-state index contributed by atoms with van der Waals surface area (Å²) >= 11 is 0. The number of allylic oxidation sites excluding steroid dienone is 11. The van der Waals surface area contributed by atoms with Crippen LogP contribution in [0.4, 0.5) is 0 Å². The van der Waals surface area contributed by atoms with Crippen LogP contribution in [0.5, 0.6) is 0 Å². The van der Waals surface area contributed by atoms with E-state index in [2.05, 4.69) is 32.1 Å². The monoisotopic (exact) mass is 1020 g/mol. The van der Waals surface area contributed by atoms with Crippen molar-refractivity contribution in [2.24, 2.45) is 35.5 Å². The number of hydrogen-bond acceptors (Lipinski definition) is 15. The molecule has 10 N–H and O–H groups in total. The zero-order chi connectivity index (χ0) is 54.5. The van der Waals surface area contributed by atoms with E-state index in [0.29, 0.717) is 5.57 Å². The molecular weight excluding hydrogens is 929 g/mol. The molecule has 0 aromatic heterocycles. The first kappa shape index (κ1) is 63.2. The van der Waals surface area contributed by atoms with Crippen molar-refractivity contribution in [3.8, 4) is 0 Å². The van der Waals surface area contributed by atoms with Crippen LogP contribution in [0.1, 0.15) is 148 Å². The molecule has 16 nitrogen and oxygen atoms in total. The zero-order valence-corrected chi connectivity index (χ0v) is 45.2. The van der Waals surface area contributed by atoms with Crippen molar-refractivity contribution in [1.29, 1.82) is 0 Å². The Labute approximate surface area is 428 Å². The Morgan fingerprint density at radius 1 is 0.597 bits per heavy atom. The Morgan fingerprint density at radius 3 is 1.75 bits per heavy atom. The van der Waals surface area contributed by atoms with Crippen molar-refractivity contribution in [2.75, 3.05) is 0 Å². The summed E-state index contributed by atoms with van der Waals surface area (Å²) in [5.41, 5.74) is 5.73. The Hall–Kier alpha value is -3.10. The standard InChI is InChI=1S/C56H92O16/c1-29-16-30(2)18-32(4)20-34(6)22-45(71-55-53(65)39(11)52(64)41(13)70-55)26-48-50(54(66)67)47(61)28-56(68,72-48)27-44(59)24-46(60)35(7)14-15-42(57)23-43(58)25-49(62)69-40(12)38(10)51(63)37(9)36(8)21-33(5)19-31(3)17-29/h16-20,22,35-48,50-53,55,57-61,63-65,68H,14-15,21,23-28H2,1-13H3,(H,66,67)/b29-16+,30-18+,31-17+,32-20+,33-19+,34-22+/t35-,36?,37-,38-,39-,40?,41+,42-,43-,44+,45+,46-,47?,48?,50-,51-,52+,53-,55-,56-/m1/s1. The van der Waals surface area contributed by atoms with E-state index >= 15 is 0 Å². The van der Waals surface area contributed by atoms with Crippen molar-refractivity contribution in [2.45, 2.75) is 233 Å². The number of fused-ring (bicyclic) bond motifs is 2. The Bertz CT molecular complexity index is 1940. The first-order chi connectivity index (χ1) is 33.4. The number of aliphatic hydroxyl groups excluding tert-OH is 8. The predicted molar refractivity (Wildman–Crippen MR) is 274 cm³/mol. The molecule has 412 valence electrons. The van der Waals surface area contributed by atoms with E-state index in [1.807, 2.05) is 60.6 Å². The van der Waals surface area contributed by atoms with Gasteiger partial charge in [-0.2, -0.15) is 0 Å². The molecule has 2 bridgehead atoms. The highest BCUT2D eigenvalue weighted by Gasteiger charge is 2.51. The van der Waals surface area contributed by atoms with Gasteiger partial charge in [-0.05, 0) is 105 Å². The zero-order valence-electron chi connectivity index (χ0n) is 45.2. The van der Waals surface area contributed by atoms with Crippen molar-refractivity contribution in [3.63, 3.8) is 0 Å². The first-order valence-electron chi connectivity index (χ1n) is 26.1. The number of ether oxygens (including phenoxy) is 4. The van der Waals surface area contributed by atoms with Crippen molar-refractivity contribution < 1.29 is 79.6 Å². The highest BCUT2D eigenvalue weighted by Crippen LogP contribution is 2.39. The van der Waals surface area contributed by atoms with Crippen LogP contribution in [0.3, 0.4) is 0 Å². The quantitative estimate of drug-likeness (QED) is 0.143. The van der Waals surface area contributed by atoms with Crippen LogP contribution in [-0.2, 0) is 28.5 Å². The third kappa shape index (κ3) is 19.9. The molecule has 0 aromatic carbocycles. The Morgan fingerprint density at radius 2 is 1.17 bits per heavy atom. The van der Waals surface area contributed by atoms with Gasteiger partial charge in [-0.1, -0.05) is 105 Å². The maximum atomic E-state index is 12.9. The van der Waals surface area contributed by atoms with Gasteiger partial charge in [-0.15, -0.1) is 0 Å². The number of carbonyl (C=O) groups is 2. The second-order valence-corrected chi connectivity index (χ2v) is 22.2. The minimum atomic E-state index is -2.24. The number of carbonyl (C=O) groups excluding carboxylic acids is 1. The van der Waals surface area contributed by atoms with Gasteiger partial charge >= 0.3 is 11.9 Å². The summed E-state index contributed by atoms with van der Waals surface area (Å²) in [4.78, 5) is 25.6. The number of cyclic esters (lactones) is 1. The fraction of sp³-hybridized carbons (Fsp3) is 0.750. The van der Waals surface area contributed by atoms with Gasteiger partial charge in [0.05, 0.1) is 67.5 Å². The van der Waals surface area contributed by atoms with Crippen LogP contribution in [-0.4, -0.2) is 148 Å². The molecule has 0 spiro atoms. The molecule has 0 amide bonds. The lowest BCUT2D eigenvalue weighted by Crippen LogP contribution is -2.57. The van der Waals surface area contributed by atoms with Crippen LogP contribution in [0.2, 0.25) is 0 Å². The maximum Gasteiger partial charge on any atom is 0.311 e. The smallest absolute Gasteiger partial charge is 0.311 e. The molecule has 3 aliphatic rings. The largest absolute Gasteiger partial charge is 0.481 e. The van der Waals surface area contributed by atoms with Gasteiger partial charge in [-0.3, -0.25) is 9.59 Å². The van der Waals surface area contributed by atoms with Crippen LogP contribution in [0.25, 0.3) is 0 Å². The predicted octanol–water partition coefficient (Wildman–Crippen LogP) is 6.11. The van der Waals surface area contributed by atoms with Crippen LogP contribution < -0.4 is 0 Å². The molecule has 2 fully saturated rings. The molecule has 20 atom stereocenters. The molecule has 2 saturated heterocycles. The highest BCUT2D eigenvalue weighted by atomic mass is 16.7. The highest BCUT2D eigenvalue weighted by molar-refractivity contribution is 5.71. The third-order valence-electron chi connectivity index (χ3n) is 15.0. The lowest BCUT2D eigenvalue weighted by atomic mass is 9.80. The summed E-state index contributed by atoms with van der Waals surface area (Å²) in [5.74, 6) is -7.36. The normalized spacial score (nSPS) is 45.6. The van der Waals surface area contributed by atoms with E-state index in [1.165, 1.54) is 0 Å². The minimum Gasteiger partial charge on any atom is -0.481 e. The number of esters is 1. The summed E-state index contributed by atoms with van der Waals surface area (Å²) in [7, 11) is 0. The maximum absolute atomic E-state index is 12.9. The number of carboxylic acids is 1. The van der Waals surface area contributed by atoms with Gasteiger partial charge in [0.15, 0.2) is 12.1 Å². The van der Waals surface area contributed by atoms with Gasteiger partial charge in [-0.25, -0.2) is 0 Å². The molecule has 0 aliphatic carbocycles. The van der Waals surface area contributed by atoms with E-state index in [1.54, 1.807) is 33.8 Å².